The maximum absolute atomic E-state index is 6.11. The Hall–Kier alpha value is -0.810. The Kier molecular flexibility index (Phi) is 8.01. The topological polar surface area (TPSA) is 48.9 Å². The van der Waals surface area contributed by atoms with Crippen LogP contribution in [0, 0.1) is 17.3 Å². The van der Waals surface area contributed by atoms with E-state index in [1.807, 2.05) is 0 Å². The Labute approximate surface area is 155 Å². The molecule has 0 bridgehead atoms. The zero-order valence-electron chi connectivity index (χ0n) is 17.1. The largest absolute Gasteiger partial charge is 0.377 e. The molecule has 146 valence electrons. The molecule has 2 rings (SSSR count). The average Bonchev–Trinajstić information content (AvgIpc) is 2.57. The number of nitrogens with one attached hydrogen (secondary N) is 2. The lowest BCUT2D eigenvalue weighted by Crippen LogP contribution is -2.47. The number of ether oxygens (including phenoxy) is 1. The van der Waals surface area contributed by atoms with Gasteiger partial charge in [0, 0.05) is 38.7 Å². The quantitative estimate of drug-likeness (QED) is 0.590. The summed E-state index contributed by atoms with van der Waals surface area (Å²) >= 11 is 0. The SMILES string of the molecule is CCNC(=NCC1CCCN(C)C1)NCC1CCCOC1C(C)(C)C. The van der Waals surface area contributed by atoms with Crippen molar-refractivity contribution in [2.24, 2.45) is 22.2 Å². The maximum atomic E-state index is 6.11. The second kappa shape index (κ2) is 9.77. The van der Waals surface area contributed by atoms with E-state index in [1.54, 1.807) is 0 Å². The molecule has 3 atom stereocenters. The van der Waals surface area contributed by atoms with E-state index in [0.717, 1.165) is 32.2 Å². The van der Waals surface area contributed by atoms with Crippen LogP contribution in [0.1, 0.15) is 53.4 Å². The summed E-state index contributed by atoms with van der Waals surface area (Å²) < 4.78 is 6.11. The normalized spacial score (nSPS) is 29.5. The minimum absolute atomic E-state index is 0.189. The molecule has 2 saturated heterocycles. The number of nitrogens with zero attached hydrogens (tertiary/aromatic N) is 2. The van der Waals surface area contributed by atoms with Crippen LogP contribution >= 0.6 is 0 Å². The van der Waals surface area contributed by atoms with E-state index < -0.39 is 0 Å². The lowest BCUT2D eigenvalue weighted by molar-refractivity contribution is -0.0835. The Balaban J connectivity index is 1.88. The third-order valence-corrected chi connectivity index (χ3v) is 5.40. The fourth-order valence-corrected chi connectivity index (χ4v) is 4.22. The summed E-state index contributed by atoms with van der Waals surface area (Å²) in [4.78, 5) is 7.30. The standard InChI is InChI=1S/C20H40N4O/c1-6-21-19(22-13-16-9-7-11-24(5)15-16)23-14-17-10-8-12-25-18(17)20(2,3)4/h16-18H,6-15H2,1-5H3,(H2,21,22,23). The molecule has 0 aliphatic carbocycles. The number of hydrogen-bond donors (Lipinski definition) is 2. The zero-order valence-corrected chi connectivity index (χ0v) is 17.1. The van der Waals surface area contributed by atoms with Crippen LogP contribution < -0.4 is 10.6 Å². The lowest BCUT2D eigenvalue weighted by atomic mass is 9.78. The molecule has 5 nitrogen and oxygen atoms in total. The molecule has 2 aliphatic rings. The average molecular weight is 353 g/mol. The molecular formula is C20H40N4O. The molecule has 0 radical (unpaired) electrons. The van der Waals surface area contributed by atoms with E-state index in [2.05, 4.69) is 50.3 Å². The second-order valence-corrected chi connectivity index (χ2v) is 8.93. The van der Waals surface area contributed by atoms with Gasteiger partial charge in [-0.15, -0.1) is 0 Å². The molecular weight excluding hydrogens is 312 g/mol. The summed E-state index contributed by atoms with van der Waals surface area (Å²) in [6.07, 6.45) is 5.33. The van der Waals surface area contributed by atoms with Crippen molar-refractivity contribution in [1.29, 1.82) is 0 Å². The van der Waals surface area contributed by atoms with E-state index >= 15 is 0 Å². The molecule has 2 N–H and O–H groups in total. The first-order valence-electron chi connectivity index (χ1n) is 10.2. The first-order chi connectivity index (χ1) is 11.9. The lowest BCUT2D eigenvalue weighted by Gasteiger charge is -2.40. The van der Waals surface area contributed by atoms with Gasteiger partial charge in [0.2, 0.25) is 0 Å². The monoisotopic (exact) mass is 352 g/mol. The fraction of sp³-hybridized carbons (Fsp3) is 0.950. The van der Waals surface area contributed by atoms with Crippen molar-refractivity contribution in [3.8, 4) is 0 Å². The van der Waals surface area contributed by atoms with Gasteiger partial charge in [-0.2, -0.15) is 0 Å². The molecule has 0 saturated carbocycles. The molecule has 25 heavy (non-hydrogen) atoms. The van der Waals surface area contributed by atoms with Crippen LogP contribution in [-0.4, -0.2) is 63.3 Å². The summed E-state index contributed by atoms with van der Waals surface area (Å²) in [6, 6.07) is 0. The summed E-state index contributed by atoms with van der Waals surface area (Å²) in [6.45, 7) is 15.1. The first kappa shape index (κ1) is 20.5. The molecule has 0 spiro atoms. The zero-order chi connectivity index (χ0) is 18.3. The molecule has 2 fully saturated rings. The smallest absolute Gasteiger partial charge is 0.191 e. The summed E-state index contributed by atoms with van der Waals surface area (Å²) in [5.41, 5.74) is 0.189. The minimum atomic E-state index is 0.189. The molecule has 5 heteroatoms. The molecule has 3 unspecified atom stereocenters. The number of aliphatic imine (C=N–C) groups is 1. The molecule has 2 heterocycles. The Morgan fingerprint density at radius 2 is 2.00 bits per heavy atom. The minimum Gasteiger partial charge on any atom is -0.377 e. The Bertz CT molecular complexity index is 418. The molecule has 0 amide bonds. The highest BCUT2D eigenvalue weighted by Crippen LogP contribution is 2.33. The van der Waals surface area contributed by atoms with Crippen LogP contribution in [0.15, 0.2) is 4.99 Å². The highest BCUT2D eigenvalue weighted by Gasteiger charge is 2.35. The maximum Gasteiger partial charge on any atom is 0.191 e. The Morgan fingerprint density at radius 3 is 2.68 bits per heavy atom. The van der Waals surface area contributed by atoms with Gasteiger partial charge >= 0.3 is 0 Å². The van der Waals surface area contributed by atoms with Gasteiger partial charge in [0.1, 0.15) is 0 Å². The molecule has 2 aliphatic heterocycles. The Morgan fingerprint density at radius 1 is 1.20 bits per heavy atom. The van der Waals surface area contributed by atoms with E-state index in [1.165, 1.54) is 38.8 Å². The van der Waals surface area contributed by atoms with Crippen LogP contribution in [0.2, 0.25) is 0 Å². The van der Waals surface area contributed by atoms with Crippen molar-refractivity contribution < 1.29 is 4.74 Å². The van der Waals surface area contributed by atoms with Crippen molar-refractivity contribution in [3.05, 3.63) is 0 Å². The second-order valence-electron chi connectivity index (χ2n) is 8.93. The van der Waals surface area contributed by atoms with Gasteiger partial charge in [-0.1, -0.05) is 20.8 Å². The van der Waals surface area contributed by atoms with Gasteiger partial charge < -0.3 is 20.3 Å². The van der Waals surface area contributed by atoms with Crippen LogP contribution in [0.4, 0.5) is 0 Å². The van der Waals surface area contributed by atoms with Crippen molar-refractivity contribution in [2.45, 2.75) is 59.5 Å². The van der Waals surface area contributed by atoms with Gasteiger partial charge in [0.25, 0.3) is 0 Å². The van der Waals surface area contributed by atoms with E-state index in [0.29, 0.717) is 17.9 Å². The third kappa shape index (κ3) is 6.78. The van der Waals surface area contributed by atoms with Crippen LogP contribution in [0.25, 0.3) is 0 Å². The van der Waals surface area contributed by atoms with Crippen molar-refractivity contribution in [3.63, 3.8) is 0 Å². The van der Waals surface area contributed by atoms with E-state index in [9.17, 15) is 0 Å². The number of likely N-dealkylation sites (tertiary alicyclic amines) is 1. The van der Waals surface area contributed by atoms with Gasteiger partial charge in [-0.25, -0.2) is 0 Å². The molecule has 0 aromatic heterocycles. The predicted octanol–water partition coefficient (Wildman–Crippen LogP) is 2.72. The number of guanidine groups is 1. The van der Waals surface area contributed by atoms with Gasteiger partial charge in [-0.05, 0) is 57.5 Å². The number of rotatable bonds is 5. The van der Waals surface area contributed by atoms with Crippen molar-refractivity contribution in [2.75, 3.05) is 46.4 Å². The molecule has 0 aromatic rings. The fourth-order valence-electron chi connectivity index (χ4n) is 4.22. The van der Waals surface area contributed by atoms with Crippen molar-refractivity contribution >= 4 is 5.96 Å². The number of piperidine rings is 1. The summed E-state index contributed by atoms with van der Waals surface area (Å²) in [5, 5.41) is 7.00. The summed E-state index contributed by atoms with van der Waals surface area (Å²) in [7, 11) is 2.22. The summed E-state index contributed by atoms with van der Waals surface area (Å²) in [5.74, 6) is 2.21. The van der Waals surface area contributed by atoms with Crippen LogP contribution in [0.3, 0.4) is 0 Å². The highest BCUT2D eigenvalue weighted by atomic mass is 16.5. The van der Waals surface area contributed by atoms with E-state index in [-0.39, 0.29) is 5.41 Å². The van der Waals surface area contributed by atoms with E-state index in [4.69, 9.17) is 9.73 Å². The predicted molar refractivity (Wildman–Crippen MR) is 106 cm³/mol. The number of hydrogen-bond acceptors (Lipinski definition) is 3. The highest BCUT2D eigenvalue weighted by molar-refractivity contribution is 5.79. The van der Waals surface area contributed by atoms with Crippen LogP contribution in [-0.2, 0) is 4.74 Å². The molecule has 0 aromatic carbocycles. The van der Waals surface area contributed by atoms with Gasteiger partial charge in [-0.3, -0.25) is 4.99 Å². The third-order valence-electron chi connectivity index (χ3n) is 5.40. The van der Waals surface area contributed by atoms with Gasteiger partial charge in [0.05, 0.1) is 6.10 Å². The van der Waals surface area contributed by atoms with Crippen LogP contribution in [0.5, 0.6) is 0 Å². The first-order valence-corrected chi connectivity index (χ1v) is 10.2. The van der Waals surface area contributed by atoms with Gasteiger partial charge in [0.15, 0.2) is 5.96 Å². The van der Waals surface area contributed by atoms with Crippen molar-refractivity contribution in [1.82, 2.24) is 15.5 Å².